The van der Waals surface area contributed by atoms with Gasteiger partial charge < -0.3 is 9.47 Å². The Balaban J connectivity index is 1.69. The first kappa shape index (κ1) is 10.2. The highest BCUT2D eigenvalue weighted by atomic mass is 15.3. The van der Waals surface area contributed by atoms with Gasteiger partial charge in [-0.15, -0.1) is 15.3 Å². The van der Waals surface area contributed by atoms with Gasteiger partial charge in [0.2, 0.25) is 0 Å². The summed E-state index contributed by atoms with van der Waals surface area (Å²) in [6.45, 7) is 3.81. The highest BCUT2D eigenvalue weighted by molar-refractivity contribution is 5.42. The summed E-state index contributed by atoms with van der Waals surface area (Å²) in [6, 6.07) is 3.99. The molecule has 0 amide bonds. The van der Waals surface area contributed by atoms with Crippen molar-refractivity contribution in [2.75, 3.05) is 18.0 Å². The van der Waals surface area contributed by atoms with Crippen molar-refractivity contribution in [3.8, 4) is 0 Å². The van der Waals surface area contributed by atoms with Gasteiger partial charge in [-0.3, -0.25) is 0 Å². The third kappa shape index (κ3) is 1.75. The minimum absolute atomic E-state index is 0.450. The quantitative estimate of drug-likeness (QED) is 0.752. The average molecular weight is 230 g/mol. The molecule has 0 radical (unpaired) electrons. The smallest absolute Gasteiger partial charge is 0.151 e. The number of rotatable bonds is 2. The average Bonchev–Trinajstić information content (AvgIpc) is 2.66. The zero-order valence-electron chi connectivity index (χ0n) is 9.91. The van der Waals surface area contributed by atoms with E-state index >= 15 is 0 Å². The summed E-state index contributed by atoms with van der Waals surface area (Å²) in [6.07, 6.45) is 1.74. The number of nitrogens with zero attached hydrogens (tertiary/aromatic N) is 6. The third-order valence-electron chi connectivity index (χ3n) is 3.10. The standard InChI is InChI=1S/C11H14N6/c1-8-3-4-10(14-13-8)17-5-9(6-17)11-15-12-7-16(11)2/h3-4,7,9H,5-6H2,1-2H3. The molecule has 0 aromatic carbocycles. The molecule has 0 bridgehead atoms. The van der Waals surface area contributed by atoms with Crippen molar-refractivity contribution in [1.82, 2.24) is 25.0 Å². The number of anilines is 1. The van der Waals surface area contributed by atoms with Gasteiger partial charge in [0.15, 0.2) is 5.82 Å². The van der Waals surface area contributed by atoms with Crippen molar-refractivity contribution in [3.63, 3.8) is 0 Å². The lowest BCUT2D eigenvalue weighted by Crippen LogP contribution is -2.46. The lowest BCUT2D eigenvalue weighted by molar-refractivity contribution is 0.481. The molecule has 3 rings (SSSR count). The maximum Gasteiger partial charge on any atom is 0.151 e. The predicted octanol–water partition coefficient (Wildman–Crippen LogP) is 0.517. The molecule has 88 valence electrons. The third-order valence-corrected chi connectivity index (χ3v) is 3.10. The van der Waals surface area contributed by atoms with Crippen LogP contribution in [0, 0.1) is 6.92 Å². The van der Waals surface area contributed by atoms with Crippen molar-refractivity contribution in [3.05, 3.63) is 30.0 Å². The van der Waals surface area contributed by atoms with Crippen LogP contribution in [-0.2, 0) is 7.05 Å². The molecule has 6 nitrogen and oxygen atoms in total. The van der Waals surface area contributed by atoms with Crippen LogP contribution in [0.2, 0.25) is 0 Å². The van der Waals surface area contributed by atoms with Crippen molar-refractivity contribution < 1.29 is 0 Å². The summed E-state index contributed by atoms with van der Waals surface area (Å²) in [4.78, 5) is 2.20. The lowest BCUT2D eigenvalue weighted by atomic mass is 9.99. The van der Waals surface area contributed by atoms with E-state index in [-0.39, 0.29) is 0 Å². The van der Waals surface area contributed by atoms with Crippen LogP contribution in [0.5, 0.6) is 0 Å². The summed E-state index contributed by atoms with van der Waals surface area (Å²) in [7, 11) is 1.98. The normalized spacial score (nSPS) is 16.0. The van der Waals surface area contributed by atoms with Crippen LogP contribution in [0.25, 0.3) is 0 Å². The van der Waals surface area contributed by atoms with Crippen LogP contribution in [-0.4, -0.2) is 38.1 Å². The first-order valence-electron chi connectivity index (χ1n) is 5.63. The van der Waals surface area contributed by atoms with Crippen LogP contribution < -0.4 is 4.90 Å². The fraction of sp³-hybridized carbons (Fsp3) is 0.455. The van der Waals surface area contributed by atoms with Gasteiger partial charge in [-0.2, -0.15) is 5.10 Å². The molecule has 0 spiro atoms. The largest absolute Gasteiger partial charge is 0.354 e. The molecule has 0 aliphatic carbocycles. The van der Waals surface area contributed by atoms with Crippen molar-refractivity contribution in [1.29, 1.82) is 0 Å². The molecule has 1 aliphatic heterocycles. The van der Waals surface area contributed by atoms with Crippen LogP contribution in [0.15, 0.2) is 18.5 Å². The SMILES string of the molecule is Cc1ccc(N2CC(c3nncn3C)C2)nn1. The van der Waals surface area contributed by atoms with E-state index in [1.165, 1.54) is 0 Å². The van der Waals surface area contributed by atoms with E-state index in [4.69, 9.17) is 0 Å². The minimum atomic E-state index is 0.450. The molecule has 1 fully saturated rings. The van der Waals surface area contributed by atoms with Gasteiger partial charge in [-0.25, -0.2) is 0 Å². The summed E-state index contributed by atoms with van der Waals surface area (Å²) >= 11 is 0. The van der Waals surface area contributed by atoms with E-state index in [0.717, 1.165) is 30.4 Å². The van der Waals surface area contributed by atoms with E-state index in [0.29, 0.717) is 5.92 Å². The number of hydrogen-bond donors (Lipinski definition) is 0. The lowest BCUT2D eigenvalue weighted by Gasteiger charge is -2.38. The maximum atomic E-state index is 4.17. The van der Waals surface area contributed by atoms with Gasteiger partial charge >= 0.3 is 0 Å². The van der Waals surface area contributed by atoms with Gasteiger partial charge in [-0.05, 0) is 19.1 Å². The topological polar surface area (TPSA) is 59.7 Å². The number of aromatic nitrogens is 5. The predicted molar refractivity (Wildman–Crippen MR) is 62.7 cm³/mol. The Bertz CT molecular complexity index is 511. The molecule has 0 unspecified atom stereocenters. The Hall–Kier alpha value is -1.98. The van der Waals surface area contributed by atoms with E-state index in [1.54, 1.807) is 6.33 Å². The molecule has 1 aliphatic rings. The Kier molecular flexibility index (Phi) is 2.28. The molecule has 3 heterocycles. The number of aryl methyl sites for hydroxylation is 2. The van der Waals surface area contributed by atoms with E-state index in [9.17, 15) is 0 Å². The first-order chi connectivity index (χ1) is 8.24. The van der Waals surface area contributed by atoms with Gasteiger partial charge in [0, 0.05) is 20.1 Å². The van der Waals surface area contributed by atoms with Crippen LogP contribution >= 0.6 is 0 Å². The second-order valence-corrected chi connectivity index (χ2v) is 4.43. The number of hydrogen-bond acceptors (Lipinski definition) is 5. The fourth-order valence-corrected chi connectivity index (χ4v) is 2.05. The summed E-state index contributed by atoms with van der Waals surface area (Å²) in [5.74, 6) is 2.43. The first-order valence-corrected chi connectivity index (χ1v) is 5.63. The molecular weight excluding hydrogens is 216 g/mol. The van der Waals surface area contributed by atoms with E-state index in [1.807, 2.05) is 30.7 Å². The van der Waals surface area contributed by atoms with Crippen LogP contribution in [0.3, 0.4) is 0 Å². The molecule has 2 aromatic heterocycles. The molecule has 6 heteroatoms. The van der Waals surface area contributed by atoms with Crippen molar-refractivity contribution >= 4 is 5.82 Å². The van der Waals surface area contributed by atoms with E-state index in [2.05, 4.69) is 25.3 Å². The molecule has 0 N–H and O–H groups in total. The zero-order chi connectivity index (χ0) is 11.8. The highest BCUT2D eigenvalue weighted by Crippen LogP contribution is 2.28. The van der Waals surface area contributed by atoms with Crippen LogP contribution in [0.1, 0.15) is 17.4 Å². The molecule has 1 saturated heterocycles. The maximum absolute atomic E-state index is 4.17. The van der Waals surface area contributed by atoms with Gasteiger partial charge in [-0.1, -0.05) is 0 Å². The highest BCUT2D eigenvalue weighted by Gasteiger charge is 2.32. The van der Waals surface area contributed by atoms with Gasteiger partial charge in [0.1, 0.15) is 12.2 Å². The zero-order valence-corrected chi connectivity index (χ0v) is 9.91. The Labute approximate surface area is 99.3 Å². The van der Waals surface area contributed by atoms with E-state index < -0.39 is 0 Å². The second kappa shape index (κ2) is 3.80. The van der Waals surface area contributed by atoms with Crippen molar-refractivity contribution in [2.45, 2.75) is 12.8 Å². The van der Waals surface area contributed by atoms with Crippen LogP contribution in [0.4, 0.5) is 5.82 Å². The molecular formula is C11H14N6. The fourth-order valence-electron chi connectivity index (χ4n) is 2.05. The monoisotopic (exact) mass is 230 g/mol. The Morgan fingerprint density at radius 2 is 2.00 bits per heavy atom. The summed E-state index contributed by atoms with van der Waals surface area (Å²) in [5.41, 5.74) is 0.944. The van der Waals surface area contributed by atoms with Gasteiger partial charge in [0.25, 0.3) is 0 Å². The summed E-state index contributed by atoms with van der Waals surface area (Å²) in [5, 5.41) is 16.3. The second-order valence-electron chi connectivity index (χ2n) is 4.43. The molecule has 0 saturated carbocycles. The Morgan fingerprint density at radius 3 is 2.59 bits per heavy atom. The molecule has 17 heavy (non-hydrogen) atoms. The van der Waals surface area contributed by atoms with Crippen molar-refractivity contribution in [2.24, 2.45) is 7.05 Å². The summed E-state index contributed by atoms with van der Waals surface area (Å²) < 4.78 is 1.98. The molecule has 2 aromatic rings. The Morgan fingerprint density at radius 1 is 1.18 bits per heavy atom. The van der Waals surface area contributed by atoms with Gasteiger partial charge in [0.05, 0.1) is 11.6 Å². The molecule has 0 atom stereocenters. The minimum Gasteiger partial charge on any atom is -0.354 e.